The van der Waals surface area contributed by atoms with Crippen LogP contribution in [0.5, 0.6) is 11.5 Å². The number of carbonyl (C=O) groups excluding carboxylic acids is 2. The Morgan fingerprint density at radius 2 is 1.70 bits per heavy atom. The molecule has 0 aliphatic rings. The van der Waals surface area contributed by atoms with Crippen LogP contribution in [0.3, 0.4) is 0 Å². The van der Waals surface area contributed by atoms with Crippen LogP contribution in [-0.4, -0.2) is 40.5 Å². The van der Waals surface area contributed by atoms with E-state index in [0.717, 1.165) is 17.7 Å². The van der Waals surface area contributed by atoms with Crippen LogP contribution in [-0.2, 0) is 0 Å². The van der Waals surface area contributed by atoms with Gasteiger partial charge in [0.1, 0.15) is 0 Å². The molecule has 174 valence electrons. The number of amides is 2. The number of ether oxygens (including phenoxy) is 2. The Morgan fingerprint density at radius 3 is 2.36 bits per heavy atom. The lowest BCUT2D eigenvalue weighted by molar-refractivity contribution is 0.0843. The van der Waals surface area contributed by atoms with Gasteiger partial charge in [-0.05, 0) is 56.5 Å². The van der Waals surface area contributed by atoms with Gasteiger partial charge in [-0.15, -0.1) is 5.10 Å². The highest BCUT2D eigenvalue weighted by Gasteiger charge is 2.19. The molecule has 2 N–H and O–H groups in total. The monoisotopic (exact) mass is 451 g/mol. The first kappa shape index (κ1) is 23.8. The molecule has 1 heterocycles. The maximum Gasteiger partial charge on any atom is 0.292 e. The van der Waals surface area contributed by atoms with Gasteiger partial charge in [-0.3, -0.25) is 20.4 Å². The largest absolute Gasteiger partial charge is 0.493 e. The molecule has 1 aromatic heterocycles. The number of hydrazine groups is 1. The number of aryl methyl sites for hydroxylation is 1. The highest BCUT2D eigenvalue weighted by molar-refractivity contribution is 5.99. The summed E-state index contributed by atoms with van der Waals surface area (Å²) in [5, 5.41) is 8.01. The van der Waals surface area contributed by atoms with Gasteiger partial charge in [-0.2, -0.15) is 0 Å². The molecule has 0 radical (unpaired) electrons. The fraction of sp³-hybridized carbons (Fsp3) is 0.333. The molecule has 0 atom stereocenters. The Hall–Kier alpha value is -3.88. The number of carbonyl (C=O) groups is 2. The summed E-state index contributed by atoms with van der Waals surface area (Å²) in [5.74, 6) is 0.447. The van der Waals surface area contributed by atoms with Crippen LogP contribution < -0.4 is 20.3 Å². The molecule has 9 heteroatoms. The number of hydrogen-bond acceptors (Lipinski definition) is 6. The van der Waals surface area contributed by atoms with Gasteiger partial charge in [0.2, 0.25) is 0 Å². The van der Waals surface area contributed by atoms with Crippen LogP contribution in [0.4, 0.5) is 0 Å². The fourth-order valence-corrected chi connectivity index (χ4v) is 3.05. The average molecular weight is 452 g/mol. The molecule has 0 saturated carbocycles. The third-order valence-electron chi connectivity index (χ3n) is 5.06. The lowest BCUT2D eigenvalue weighted by Gasteiger charge is -2.13. The predicted octanol–water partition coefficient (Wildman–Crippen LogP) is 3.39. The van der Waals surface area contributed by atoms with E-state index in [-0.39, 0.29) is 5.69 Å². The first-order chi connectivity index (χ1) is 15.8. The summed E-state index contributed by atoms with van der Waals surface area (Å²) in [5.41, 5.74) is 7.66. The van der Waals surface area contributed by atoms with E-state index < -0.39 is 11.8 Å². The molecular weight excluding hydrogens is 422 g/mol. The van der Waals surface area contributed by atoms with Crippen LogP contribution >= 0.6 is 0 Å². The molecule has 0 bridgehead atoms. The molecule has 3 rings (SSSR count). The van der Waals surface area contributed by atoms with Gasteiger partial charge in [-0.1, -0.05) is 36.8 Å². The van der Waals surface area contributed by atoms with Crippen molar-refractivity contribution in [3.05, 3.63) is 65.0 Å². The summed E-state index contributed by atoms with van der Waals surface area (Å²) in [6.45, 7) is 8.51. The van der Waals surface area contributed by atoms with E-state index in [0.29, 0.717) is 35.3 Å². The second-order valence-electron chi connectivity index (χ2n) is 8.08. The van der Waals surface area contributed by atoms with Crippen molar-refractivity contribution in [1.82, 2.24) is 25.8 Å². The number of methoxy groups -OCH3 is 1. The minimum absolute atomic E-state index is 0.113. The van der Waals surface area contributed by atoms with Crippen molar-refractivity contribution >= 4 is 11.8 Å². The summed E-state index contributed by atoms with van der Waals surface area (Å²) in [4.78, 5) is 25.1. The maximum atomic E-state index is 12.6. The molecule has 0 spiro atoms. The van der Waals surface area contributed by atoms with Crippen LogP contribution in [0.15, 0.2) is 42.5 Å². The maximum absolute atomic E-state index is 12.6. The van der Waals surface area contributed by atoms with Crippen molar-refractivity contribution in [1.29, 1.82) is 0 Å². The first-order valence-corrected chi connectivity index (χ1v) is 10.7. The normalized spacial score (nSPS) is 10.7. The van der Waals surface area contributed by atoms with Gasteiger partial charge in [0.05, 0.1) is 25.1 Å². The van der Waals surface area contributed by atoms with Crippen molar-refractivity contribution in [2.24, 2.45) is 5.92 Å². The van der Waals surface area contributed by atoms with Gasteiger partial charge in [-0.25, -0.2) is 4.68 Å². The fourth-order valence-electron chi connectivity index (χ4n) is 3.05. The van der Waals surface area contributed by atoms with E-state index in [1.54, 1.807) is 29.8 Å². The van der Waals surface area contributed by atoms with E-state index in [1.165, 1.54) is 7.11 Å². The molecule has 9 nitrogen and oxygen atoms in total. The Bertz CT molecular complexity index is 1120. The van der Waals surface area contributed by atoms with Gasteiger partial charge in [0.15, 0.2) is 17.2 Å². The molecule has 2 amide bonds. The van der Waals surface area contributed by atoms with Gasteiger partial charge < -0.3 is 9.47 Å². The second-order valence-corrected chi connectivity index (χ2v) is 8.08. The zero-order chi connectivity index (χ0) is 24.0. The van der Waals surface area contributed by atoms with E-state index in [2.05, 4.69) is 35.0 Å². The second kappa shape index (κ2) is 10.6. The Labute approximate surface area is 193 Å². The van der Waals surface area contributed by atoms with Crippen molar-refractivity contribution in [3.8, 4) is 17.2 Å². The van der Waals surface area contributed by atoms with Crippen molar-refractivity contribution in [2.45, 2.75) is 34.1 Å². The highest BCUT2D eigenvalue weighted by Crippen LogP contribution is 2.28. The Morgan fingerprint density at radius 1 is 1.00 bits per heavy atom. The van der Waals surface area contributed by atoms with Crippen molar-refractivity contribution in [2.75, 3.05) is 13.7 Å². The minimum atomic E-state index is -0.570. The number of aromatic nitrogens is 3. The van der Waals surface area contributed by atoms with Gasteiger partial charge in [0, 0.05) is 5.56 Å². The SMILES string of the molecule is COc1cc(C(=O)NNC(=O)c2nnn(-c3ccc(C)cc3)c2C)ccc1OCCC(C)C. The summed E-state index contributed by atoms with van der Waals surface area (Å²) >= 11 is 0. The predicted molar refractivity (Wildman–Crippen MR) is 124 cm³/mol. The van der Waals surface area contributed by atoms with Gasteiger partial charge >= 0.3 is 0 Å². The van der Waals surface area contributed by atoms with Crippen LogP contribution in [0.2, 0.25) is 0 Å². The summed E-state index contributed by atoms with van der Waals surface area (Å²) in [6, 6.07) is 12.5. The topological polar surface area (TPSA) is 107 Å². The Balaban J connectivity index is 1.63. The first-order valence-electron chi connectivity index (χ1n) is 10.7. The summed E-state index contributed by atoms with van der Waals surface area (Å²) < 4.78 is 12.7. The van der Waals surface area contributed by atoms with E-state index >= 15 is 0 Å². The standard InChI is InChI=1S/C24H29N5O4/c1-15(2)12-13-33-20-11-8-18(14-21(20)32-5)23(30)26-27-24(31)22-17(4)29(28-25-22)19-9-6-16(3)7-10-19/h6-11,14-15H,12-13H2,1-5H3,(H,26,30)(H,27,31). The van der Waals surface area contributed by atoms with Crippen molar-refractivity contribution < 1.29 is 19.1 Å². The highest BCUT2D eigenvalue weighted by atomic mass is 16.5. The third-order valence-corrected chi connectivity index (χ3v) is 5.06. The number of rotatable bonds is 8. The number of benzene rings is 2. The van der Waals surface area contributed by atoms with E-state index in [4.69, 9.17) is 9.47 Å². The summed E-state index contributed by atoms with van der Waals surface area (Å²) in [7, 11) is 1.51. The number of nitrogens with zero attached hydrogens (tertiary/aromatic N) is 3. The third kappa shape index (κ3) is 5.88. The lowest BCUT2D eigenvalue weighted by atomic mass is 10.1. The molecule has 33 heavy (non-hydrogen) atoms. The summed E-state index contributed by atoms with van der Waals surface area (Å²) in [6.07, 6.45) is 0.908. The molecule has 0 saturated heterocycles. The zero-order valence-electron chi connectivity index (χ0n) is 19.5. The molecule has 0 aliphatic carbocycles. The average Bonchev–Trinajstić information content (AvgIpc) is 3.19. The smallest absolute Gasteiger partial charge is 0.292 e. The minimum Gasteiger partial charge on any atom is -0.493 e. The quantitative estimate of drug-likeness (QED) is 0.509. The lowest BCUT2D eigenvalue weighted by Crippen LogP contribution is -2.42. The molecule has 2 aromatic carbocycles. The van der Waals surface area contributed by atoms with Gasteiger partial charge in [0.25, 0.3) is 11.8 Å². The molecular formula is C24H29N5O4. The Kier molecular flexibility index (Phi) is 7.66. The van der Waals surface area contributed by atoms with Crippen LogP contribution in [0.25, 0.3) is 5.69 Å². The van der Waals surface area contributed by atoms with E-state index in [1.807, 2.05) is 31.2 Å². The zero-order valence-corrected chi connectivity index (χ0v) is 19.5. The van der Waals surface area contributed by atoms with Crippen LogP contribution in [0.1, 0.15) is 52.4 Å². The number of hydrogen-bond donors (Lipinski definition) is 2. The molecule has 3 aromatic rings. The van der Waals surface area contributed by atoms with Crippen molar-refractivity contribution in [3.63, 3.8) is 0 Å². The van der Waals surface area contributed by atoms with E-state index in [9.17, 15) is 9.59 Å². The molecule has 0 fully saturated rings. The number of nitrogens with one attached hydrogen (secondary N) is 2. The molecule has 0 unspecified atom stereocenters. The molecule has 0 aliphatic heterocycles. The van der Waals surface area contributed by atoms with Crippen LogP contribution in [0, 0.1) is 19.8 Å².